The Bertz CT molecular complexity index is 420. The summed E-state index contributed by atoms with van der Waals surface area (Å²) in [7, 11) is 0. The summed E-state index contributed by atoms with van der Waals surface area (Å²) in [6.07, 6.45) is -4.35. The molecule has 0 saturated heterocycles. The summed E-state index contributed by atoms with van der Waals surface area (Å²) in [6.45, 7) is 2.00. The second kappa shape index (κ2) is 4.91. The number of hydrogen-bond donors (Lipinski definition) is 1. The molecule has 6 heteroatoms. The van der Waals surface area contributed by atoms with E-state index in [1.54, 1.807) is 26.0 Å². The number of thiocarbonyl (C=S) groups is 1. The summed E-state index contributed by atoms with van der Waals surface area (Å²) < 4.78 is 40.9. The van der Waals surface area contributed by atoms with Gasteiger partial charge in [-0.3, -0.25) is 0 Å². The smallest absolute Gasteiger partial charge is 0.422 e. The van der Waals surface area contributed by atoms with Crippen molar-refractivity contribution in [2.24, 2.45) is 5.73 Å². The number of benzene rings is 1. The molecule has 0 aliphatic rings. The lowest BCUT2D eigenvalue weighted by atomic mass is 10.1. The molecule has 0 bridgehead atoms. The van der Waals surface area contributed by atoms with Crippen molar-refractivity contribution in [3.05, 3.63) is 28.8 Å². The first-order valence-electron chi connectivity index (χ1n) is 4.81. The molecule has 0 aliphatic heterocycles. The highest BCUT2D eigenvalue weighted by Gasteiger charge is 2.29. The first-order valence-corrected chi connectivity index (χ1v) is 5.22. The van der Waals surface area contributed by atoms with Crippen molar-refractivity contribution in [2.45, 2.75) is 20.0 Å². The van der Waals surface area contributed by atoms with Crippen molar-refractivity contribution in [3.8, 4) is 5.75 Å². The molecule has 0 saturated carbocycles. The molecule has 0 fully saturated rings. The van der Waals surface area contributed by atoms with Crippen molar-refractivity contribution in [1.82, 2.24) is 0 Å². The Labute approximate surface area is 103 Å². The molecule has 1 aromatic carbocycles. The maximum atomic E-state index is 12.0. The summed E-state index contributed by atoms with van der Waals surface area (Å²) in [5, 5.41) is 0. The van der Waals surface area contributed by atoms with Crippen molar-refractivity contribution in [3.63, 3.8) is 0 Å². The van der Waals surface area contributed by atoms with Crippen LogP contribution in [0.4, 0.5) is 13.2 Å². The lowest BCUT2D eigenvalue weighted by molar-refractivity contribution is -0.153. The zero-order valence-electron chi connectivity index (χ0n) is 9.39. The van der Waals surface area contributed by atoms with E-state index in [9.17, 15) is 13.2 Å². The second-order valence-electron chi connectivity index (χ2n) is 3.71. The van der Waals surface area contributed by atoms with E-state index in [-0.39, 0.29) is 10.7 Å². The van der Waals surface area contributed by atoms with Crippen LogP contribution in [0.5, 0.6) is 5.75 Å². The minimum Gasteiger partial charge on any atom is -0.484 e. The van der Waals surface area contributed by atoms with Gasteiger partial charge in [0.15, 0.2) is 6.61 Å². The number of hydrogen-bond acceptors (Lipinski definition) is 2. The van der Waals surface area contributed by atoms with Crippen LogP contribution in [0.25, 0.3) is 0 Å². The van der Waals surface area contributed by atoms with Crippen molar-refractivity contribution in [1.29, 1.82) is 0 Å². The molecule has 2 N–H and O–H groups in total. The number of ether oxygens (including phenoxy) is 1. The third kappa shape index (κ3) is 3.89. The Hall–Kier alpha value is -1.30. The van der Waals surface area contributed by atoms with Crippen LogP contribution in [0.1, 0.15) is 16.7 Å². The third-order valence-electron chi connectivity index (χ3n) is 2.13. The molecule has 0 spiro atoms. The Kier molecular flexibility index (Phi) is 3.98. The summed E-state index contributed by atoms with van der Waals surface area (Å²) in [4.78, 5) is 0.207. The molecular weight excluding hydrogens is 251 g/mol. The SMILES string of the molecule is Cc1cc(C(N)=S)cc(C)c1OCC(F)(F)F. The van der Waals surface area contributed by atoms with E-state index in [2.05, 4.69) is 0 Å². The second-order valence-corrected chi connectivity index (χ2v) is 4.15. The van der Waals surface area contributed by atoms with E-state index in [1.807, 2.05) is 0 Å². The van der Waals surface area contributed by atoms with Gasteiger partial charge in [-0.1, -0.05) is 12.2 Å². The topological polar surface area (TPSA) is 35.2 Å². The fraction of sp³-hybridized carbons (Fsp3) is 0.364. The average molecular weight is 263 g/mol. The highest BCUT2D eigenvalue weighted by molar-refractivity contribution is 7.80. The van der Waals surface area contributed by atoms with Crippen LogP contribution < -0.4 is 10.5 Å². The molecular formula is C11H12F3NOS. The normalized spacial score (nSPS) is 11.4. The average Bonchev–Trinajstić information content (AvgIpc) is 2.14. The van der Waals surface area contributed by atoms with Gasteiger partial charge in [-0.05, 0) is 37.1 Å². The first kappa shape index (κ1) is 13.8. The number of nitrogens with two attached hydrogens (primary N) is 1. The van der Waals surface area contributed by atoms with E-state index in [0.29, 0.717) is 16.7 Å². The Morgan fingerprint density at radius 1 is 1.29 bits per heavy atom. The van der Waals surface area contributed by atoms with Crippen LogP contribution >= 0.6 is 12.2 Å². The number of rotatable bonds is 3. The molecule has 0 amide bonds. The van der Waals surface area contributed by atoms with Crippen LogP contribution in [0.2, 0.25) is 0 Å². The summed E-state index contributed by atoms with van der Waals surface area (Å²) in [5.74, 6) is 0.224. The minimum atomic E-state index is -4.35. The van der Waals surface area contributed by atoms with Crippen molar-refractivity contribution in [2.75, 3.05) is 6.61 Å². The molecule has 0 heterocycles. The number of halogens is 3. The molecule has 0 atom stereocenters. The largest absolute Gasteiger partial charge is 0.484 e. The fourth-order valence-electron chi connectivity index (χ4n) is 1.47. The quantitative estimate of drug-likeness (QED) is 0.852. The Morgan fingerprint density at radius 2 is 1.76 bits per heavy atom. The van der Waals surface area contributed by atoms with E-state index in [4.69, 9.17) is 22.7 Å². The first-order chi connectivity index (χ1) is 7.70. The number of aryl methyl sites for hydroxylation is 2. The van der Waals surface area contributed by atoms with Crippen molar-refractivity contribution < 1.29 is 17.9 Å². The monoisotopic (exact) mass is 263 g/mol. The third-order valence-corrected chi connectivity index (χ3v) is 2.36. The molecule has 1 aromatic rings. The lowest BCUT2D eigenvalue weighted by Gasteiger charge is -2.15. The fourth-order valence-corrected chi connectivity index (χ4v) is 1.59. The summed E-state index contributed by atoms with van der Waals surface area (Å²) in [6, 6.07) is 3.22. The minimum absolute atomic E-state index is 0.207. The predicted molar refractivity (Wildman–Crippen MR) is 63.4 cm³/mol. The van der Waals surface area contributed by atoms with Gasteiger partial charge in [0.2, 0.25) is 0 Å². The Morgan fingerprint density at radius 3 is 2.12 bits per heavy atom. The molecule has 17 heavy (non-hydrogen) atoms. The predicted octanol–water partition coefficient (Wildman–Crippen LogP) is 2.88. The zero-order valence-corrected chi connectivity index (χ0v) is 10.2. The molecule has 0 aromatic heterocycles. The van der Waals surface area contributed by atoms with Gasteiger partial charge < -0.3 is 10.5 Å². The van der Waals surface area contributed by atoms with Crippen LogP contribution in [0.15, 0.2) is 12.1 Å². The zero-order chi connectivity index (χ0) is 13.2. The van der Waals surface area contributed by atoms with Crippen LogP contribution in [-0.2, 0) is 0 Å². The molecule has 0 radical (unpaired) electrons. The van der Waals surface area contributed by atoms with Gasteiger partial charge in [0.05, 0.1) is 0 Å². The standard InChI is InChI=1S/C11H12F3NOS/c1-6-3-8(10(15)17)4-7(2)9(6)16-5-11(12,13)14/h3-4H,5H2,1-2H3,(H2,15,17). The van der Waals surface area contributed by atoms with Gasteiger partial charge >= 0.3 is 6.18 Å². The van der Waals surface area contributed by atoms with E-state index < -0.39 is 12.8 Å². The maximum absolute atomic E-state index is 12.0. The van der Waals surface area contributed by atoms with E-state index in [1.165, 1.54) is 0 Å². The molecule has 2 nitrogen and oxygen atoms in total. The van der Waals surface area contributed by atoms with Crippen LogP contribution in [0.3, 0.4) is 0 Å². The Balaban J connectivity index is 2.98. The van der Waals surface area contributed by atoms with Gasteiger partial charge in [0, 0.05) is 5.56 Å². The molecule has 94 valence electrons. The maximum Gasteiger partial charge on any atom is 0.422 e. The number of alkyl halides is 3. The van der Waals surface area contributed by atoms with Gasteiger partial charge in [0.25, 0.3) is 0 Å². The van der Waals surface area contributed by atoms with Gasteiger partial charge in [0.1, 0.15) is 10.7 Å². The van der Waals surface area contributed by atoms with Gasteiger partial charge in [-0.25, -0.2) is 0 Å². The van der Waals surface area contributed by atoms with Crippen LogP contribution in [0, 0.1) is 13.8 Å². The highest BCUT2D eigenvalue weighted by atomic mass is 32.1. The van der Waals surface area contributed by atoms with Gasteiger partial charge in [-0.15, -0.1) is 0 Å². The summed E-state index contributed by atoms with van der Waals surface area (Å²) in [5.41, 5.74) is 7.24. The van der Waals surface area contributed by atoms with Gasteiger partial charge in [-0.2, -0.15) is 13.2 Å². The lowest BCUT2D eigenvalue weighted by Crippen LogP contribution is -2.20. The summed E-state index contributed by atoms with van der Waals surface area (Å²) >= 11 is 4.81. The molecule has 0 aliphatic carbocycles. The molecule has 0 unspecified atom stereocenters. The van der Waals surface area contributed by atoms with Crippen molar-refractivity contribution >= 4 is 17.2 Å². The highest BCUT2D eigenvalue weighted by Crippen LogP contribution is 2.27. The van der Waals surface area contributed by atoms with Crippen LogP contribution in [-0.4, -0.2) is 17.8 Å². The van der Waals surface area contributed by atoms with E-state index >= 15 is 0 Å². The van der Waals surface area contributed by atoms with E-state index in [0.717, 1.165) is 0 Å². The molecule has 1 rings (SSSR count).